The molecular formula is C22H20ClF2N5O2. The van der Waals surface area contributed by atoms with E-state index < -0.39 is 30.7 Å². The molecule has 10 heteroatoms. The SMILES string of the molecule is N=C(N)c1ccc2c(Cl)c(C(=O)N3CCC(F)(F)C3)n(Cc3ccc(C(N)=O)cc3)c2c1. The molecule has 0 aliphatic carbocycles. The van der Waals surface area contributed by atoms with Crippen LogP contribution in [0.2, 0.25) is 5.02 Å². The molecule has 7 nitrogen and oxygen atoms in total. The Hall–Kier alpha value is -3.46. The fourth-order valence-corrected chi connectivity index (χ4v) is 4.21. The van der Waals surface area contributed by atoms with Gasteiger partial charge in [-0.15, -0.1) is 0 Å². The summed E-state index contributed by atoms with van der Waals surface area (Å²) >= 11 is 6.57. The lowest BCUT2D eigenvalue weighted by Crippen LogP contribution is -2.33. The number of rotatable bonds is 5. The van der Waals surface area contributed by atoms with Crippen LogP contribution in [0.1, 0.15) is 38.4 Å². The van der Waals surface area contributed by atoms with Crippen molar-refractivity contribution in [3.63, 3.8) is 0 Å². The molecule has 2 amide bonds. The molecule has 4 rings (SSSR count). The third-order valence-corrected chi connectivity index (χ3v) is 5.94. The first-order chi connectivity index (χ1) is 15.1. The molecule has 2 aromatic carbocycles. The number of nitrogen functional groups attached to an aromatic ring is 1. The van der Waals surface area contributed by atoms with Crippen LogP contribution >= 0.6 is 11.6 Å². The van der Waals surface area contributed by atoms with E-state index in [2.05, 4.69) is 0 Å². The highest BCUT2D eigenvalue weighted by Gasteiger charge is 2.41. The van der Waals surface area contributed by atoms with Crippen LogP contribution in [0.5, 0.6) is 0 Å². The molecule has 2 heterocycles. The highest BCUT2D eigenvalue weighted by Crippen LogP contribution is 2.35. The smallest absolute Gasteiger partial charge is 0.272 e. The van der Waals surface area contributed by atoms with E-state index in [1.807, 2.05) is 0 Å². The zero-order valence-electron chi connectivity index (χ0n) is 16.9. The number of alkyl halides is 2. The number of carbonyl (C=O) groups excluding carboxylic acids is 2. The maximum atomic E-state index is 13.8. The summed E-state index contributed by atoms with van der Waals surface area (Å²) in [5.41, 5.74) is 13.0. The number of hydrogen-bond donors (Lipinski definition) is 3. The Balaban J connectivity index is 1.84. The van der Waals surface area contributed by atoms with Gasteiger partial charge in [-0.1, -0.05) is 35.9 Å². The standard InChI is InChI=1S/C22H20ClF2N5O2/c23-17-15-6-5-14(19(26)27)9-16(15)30(10-12-1-3-13(4-2-12)20(28)31)18(17)21(32)29-8-7-22(24,25)11-29/h1-6,9H,7-8,10-11H2,(H3,26,27)(H2,28,31). The van der Waals surface area contributed by atoms with Crippen LogP contribution in [0, 0.1) is 5.41 Å². The molecule has 1 saturated heterocycles. The molecule has 1 fully saturated rings. The minimum absolute atomic E-state index is 0.0737. The van der Waals surface area contributed by atoms with Gasteiger partial charge in [0.1, 0.15) is 11.5 Å². The number of primary amides is 1. The second-order valence-corrected chi connectivity index (χ2v) is 8.17. The Morgan fingerprint density at radius 1 is 1.09 bits per heavy atom. The van der Waals surface area contributed by atoms with Gasteiger partial charge in [-0.05, 0) is 23.8 Å². The topological polar surface area (TPSA) is 118 Å². The molecule has 0 spiro atoms. The predicted octanol–water partition coefficient (Wildman–Crippen LogP) is 3.21. The first-order valence-corrected chi connectivity index (χ1v) is 10.2. The number of nitrogens with one attached hydrogen (secondary N) is 1. The third-order valence-electron chi connectivity index (χ3n) is 5.55. The molecule has 0 radical (unpaired) electrons. The highest BCUT2D eigenvalue weighted by molar-refractivity contribution is 6.39. The quantitative estimate of drug-likeness (QED) is 0.401. The molecule has 1 aliphatic rings. The second kappa shape index (κ2) is 7.90. The molecule has 1 aliphatic heterocycles. The Labute approximate surface area is 187 Å². The fraction of sp³-hybridized carbons (Fsp3) is 0.227. The molecule has 32 heavy (non-hydrogen) atoms. The van der Waals surface area contributed by atoms with Crippen molar-refractivity contribution >= 4 is 40.2 Å². The van der Waals surface area contributed by atoms with E-state index in [0.717, 1.165) is 10.5 Å². The lowest BCUT2D eigenvalue weighted by atomic mass is 10.1. The molecule has 3 aromatic rings. The Morgan fingerprint density at radius 3 is 2.31 bits per heavy atom. The number of amides is 2. The van der Waals surface area contributed by atoms with Gasteiger partial charge in [-0.2, -0.15) is 0 Å². The minimum Gasteiger partial charge on any atom is -0.384 e. The first-order valence-electron chi connectivity index (χ1n) is 9.79. The second-order valence-electron chi connectivity index (χ2n) is 7.79. The van der Waals surface area contributed by atoms with Gasteiger partial charge in [-0.25, -0.2) is 8.78 Å². The number of carbonyl (C=O) groups is 2. The van der Waals surface area contributed by atoms with Crippen LogP contribution < -0.4 is 11.5 Å². The van der Waals surface area contributed by atoms with Gasteiger partial charge >= 0.3 is 0 Å². The molecule has 166 valence electrons. The zero-order valence-corrected chi connectivity index (χ0v) is 17.6. The van der Waals surface area contributed by atoms with Crippen molar-refractivity contribution in [2.75, 3.05) is 13.1 Å². The molecular weight excluding hydrogens is 440 g/mol. The van der Waals surface area contributed by atoms with Crippen molar-refractivity contribution in [1.29, 1.82) is 5.41 Å². The van der Waals surface area contributed by atoms with Crippen LogP contribution in [-0.2, 0) is 6.54 Å². The van der Waals surface area contributed by atoms with Crippen LogP contribution in [0.15, 0.2) is 42.5 Å². The summed E-state index contributed by atoms with van der Waals surface area (Å²) < 4.78 is 29.1. The molecule has 0 atom stereocenters. The molecule has 0 saturated carbocycles. The monoisotopic (exact) mass is 459 g/mol. The normalized spacial score (nSPS) is 15.3. The molecule has 5 N–H and O–H groups in total. The number of halogens is 3. The summed E-state index contributed by atoms with van der Waals surface area (Å²) in [7, 11) is 0. The lowest BCUT2D eigenvalue weighted by molar-refractivity contribution is 0.0119. The van der Waals surface area contributed by atoms with Gasteiger partial charge in [0.05, 0.1) is 17.1 Å². The van der Waals surface area contributed by atoms with Gasteiger partial charge in [0, 0.05) is 36.0 Å². The summed E-state index contributed by atoms with van der Waals surface area (Å²) in [5.74, 6) is -4.26. The van der Waals surface area contributed by atoms with E-state index in [1.54, 1.807) is 47.0 Å². The largest absolute Gasteiger partial charge is 0.384 e. The fourth-order valence-electron chi connectivity index (χ4n) is 3.86. The number of benzene rings is 2. The molecule has 1 aromatic heterocycles. The number of aromatic nitrogens is 1. The number of fused-ring (bicyclic) bond motifs is 1. The minimum atomic E-state index is -2.94. The van der Waals surface area contributed by atoms with Crippen molar-refractivity contribution in [2.24, 2.45) is 11.5 Å². The van der Waals surface area contributed by atoms with Crippen molar-refractivity contribution in [3.05, 3.63) is 69.9 Å². The average Bonchev–Trinajstić information content (AvgIpc) is 3.24. The number of nitrogens with zero attached hydrogens (tertiary/aromatic N) is 2. The first kappa shape index (κ1) is 21.8. The van der Waals surface area contributed by atoms with Gasteiger partial charge in [-0.3, -0.25) is 15.0 Å². The summed E-state index contributed by atoms with van der Waals surface area (Å²) in [5, 5.41) is 8.41. The summed E-state index contributed by atoms with van der Waals surface area (Å²) in [6, 6.07) is 11.4. The summed E-state index contributed by atoms with van der Waals surface area (Å²) in [4.78, 5) is 25.7. The van der Waals surface area contributed by atoms with E-state index in [9.17, 15) is 18.4 Å². The van der Waals surface area contributed by atoms with E-state index in [1.165, 1.54) is 0 Å². The lowest BCUT2D eigenvalue weighted by Gasteiger charge is -2.18. The van der Waals surface area contributed by atoms with Crippen molar-refractivity contribution < 1.29 is 18.4 Å². The van der Waals surface area contributed by atoms with Crippen LogP contribution in [-0.4, -0.2) is 46.1 Å². The summed E-state index contributed by atoms with van der Waals surface area (Å²) in [6.45, 7) is -0.569. The van der Waals surface area contributed by atoms with E-state index in [4.69, 9.17) is 28.5 Å². The van der Waals surface area contributed by atoms with E-state index >= 15 is 0 Å². The zero-order chi connectivity index (χ0) is 23.2. The predicted molar refractivity (Wildman–Crippen MR) is 117 cm³/mol. The number of likely N-dealkylation sites (tertiary alicyclic amines) is 1. The number of nitrogens with two attached hydrogens (primary N) is 2. The van der Waals surface area contributed by atoms with Gasteiger partial charge in [0.15, 0.2) is 0 Å². The third kappa shape index (κ3) is 3.91. The van der Waals surface area contributed by atoms with Crippen molar-refractivity contribution in [1.82, 2.24) is 9.47 Å². The Kier molecular flexibility index (Phi) is 5.37. The maximum Gasteiger partial charge on any atom is 0.272 e. The van der Waals surface area contributed by atoms with Crippen molar-refractivity contribution in [2.45, 2.75) is 18.9 Å². The number of hydrogen-bond acceptors (Lipinski definition) is 3. The maximum absolute atomic E-state index is 13.8. The van der Waals surface area contributed by atoms with Crippen LogP contribution in [0.25, 0.3) is 10.9 Å². The van der Waals surface area contributed by atoms with E-state index in [-0.39, 0.29) is 29.6 Å². The Morgan fingerprint density at radius 2 is 1.75 bits per heavy atom. The Bertz CT molecular complexity index is 1250. The number of amidine groups is 1. The van der Waals surface area contributed by atoms with Gasteiger partial charge in [0.25, 0.3) is 11.8 Å². The molecule has 0 bridgehead atoms. The van der Waals surface area contributed by atoms with Crippen LogP contribution in [0.3, 0.4) is 0 Å². The summed E-state index contributed by atoms with van der Waals surface area (Å²) in [6.07, 6.45) is -0.403. The van der Waals surface area contributed by atoms with Gasteiger partial charge < -0.3 is 20.9 Å². The van der Waals surface area contributed by atoms with E-state index in [0.29, 0.717) is 22.0 Å². The van der Waals surface area contributed by atoms with Gasteiger partial charge in [0.2, 0.25) is 5.91 Å². The van der Waals surface area contributed by atoms with Crippen LogP contribution in [0.4, 0.5) is 8.78 Å². The average molecular weight is 460 g/mol. The van der Waals surface area contributed by atoms with Crippen molar-refractivity contribution in [3.8, 4) is 0 Å². The molecule has 0 unspecified atom stereocenters. The highest BCUT2D eigenvalue weighted by atomic mass is 35.5.